The zero-order chi connectivity index (χ0) is 34.6. The molecule has 0 atom stereocenters. The van der Waals surface area contributed by atoms with E-state index in [0.717, 1.165) is 33.9 Å². The monoisotopic (exact) mass is 674 g/mol. The molecule has 2 aliphatic rings. The van der Waals surface area contributed by atoms with Crippen molar-refractivity contribution in [2.24, 2.45) is 0 Å². The average Bonchev–Trinajstić information content (AvgIpc) is 3.78. The number of aromatic nitrogens is 2. The number of nitrogens with zero attached hydrogens (tertiary/aromatic N) is 2. The zero-order valence-electron chi connectivity index (χ0n) is 29.7. The van der Waals surface area contributed by atoms with Crippen molar-refractivity contribution in [2.75, 3.05) is 0 Å². The van der Waals surface area contributed by atoms with Gasteiger partial charge in [-0.15, -0.1) is 0 Å². The third-order valence-corrected chi connectivity index (χ3v) is 13.3. The van der Waals surface area contributed by atoms with Gasteiger partial charge < -0.3 is 0 Å². The first-order valence-corrected chi connectivity index (χ1v) is 21.9. The van der Waals surface area contributed by atoms with Gasteiger partial charge in [0.1, 0.15) is 0 Å². The van der Waals surface area contributed by atoms with Crippen molar-refractivity contribution in [1.82, 2.24) is 9.97 Å². The lowest BCUT2D eigenvalue weighted by molar-refractivity contribution is 0.550. The van der Waals surface area contributed by atoms with Gasteiger partial charge in [-0.25, -0.2) is 9.97 Å². The highest BCUT2D eigenvalue weighted by Crippen LogP contribution is 2.58. The number of benzene rings is 6. The van der Waals surface area contributed by atoms with Crippen molar-refractivity contribution >= 4 is 13.3 Å². The molecule has 0 unspecified atom stereocenters. The van der Waals surface area contributed by atoms with Gasteiger partial charge >= 0.3 is 0 Å². The molecule has 0 radical (unpaired) electrons. The van der Waals surface area contributed by atoms with E-state index in [1.54, 1.807) is 0 Å². The van der Waals surface area contributed by atoms with Crippen LogP contribution in [0.4, 0.5) is 0 Å². The topological polar surface area (TPSA) is 25.8 Å². The summed E-state index contributed by atoms with van der Waals surface area (Å²) in [4.78, 5) is 10.2. The molecule has 1 spiro atoms. The van der Waals surface area contributed by atoms with Gasteiger partial charge in [-0.2, -0.15) is 0 Å². The van der Waals surface area contributed by atoms with Crippen molar-refractivity contribution in [1.29, 1.82) is 0 Å². The van der Waals surface area contributed by atoms with Crippen molar-refractivity contribution in [3.8, 4) is 67.3 Å². The van der Waals surface area contributed by atoms with Crippen molar-refractivity contribution in [2.45, 2.75) is 50.7 Å². The highest BCUT2D eigenvalue weighted by Gasteiger charge is 2.45. The maximum Gasteiger partial charge on any atom is 0.160 e. The summed E-state index contributed by atoms with van der Waals surface area (Å²) < 4.78 is 0. The Kier molecular flexibility index (Phi) is 7.70. The lowest BCUT2D eigenvalue weighted by atomic mass is 9.75. The predicted octanol–water partition coefficient (Wildman–Crippen LogP) is 12.2. The van der Waals surface area contributed by atoms with Gasteiger partial charge in [0.2, 0.25) is 0 Å². The molecular weight excluding hydrogens is 633 g/mol. The Labute approximate surface area is 303 Å². The zero-order valence-corrected chi connectivity index (χ0v) is 30.7. The molecule has 0 aliphatic heterocycles. The quantitative estimate of drug-likeness (QED) is 0.164. The number of fused-ring (bicyclic) bond motifs is 5. The molecule has 9 rings (SSSR count). The van der Waals surface area contributed by atoms with E-state index in [1.165, 1.54) is 75.4 Å². The minimum absolute atomic E-state index is 0.0737. The fourth-order valence-electron chi connectivity index (χ4n) is 8.46. The van der Waals surface area contributed by atoms with E-state index in [4.69, 9.17) is 9.97 Å². The average molecular weight is 675 g/mol. The second-order valence-electron chi connectivity index (χ2n) is 15.4. The summed E-state index contributed by atoms with van der Waals surface area (Å²) in [6, 6.07) is 55.6. The van der Waals surface area contributed by atoms with Crippen LogP contribution in [0, 0.1) is 0 Å². The molecule has 2 nitrogen and oxygen atoms in total. The Balaban J connectivity index is 1.10. The molecule has 6 aromatic carbocycles. The van der Waals surface area contributed by atoms with Gasteiger partial charge in [-0.1, -0.05) is 165 Å². The number of hydrogen-bond acceptors (Lipinski definition) is 2. The molecule has 7 aromatic rings. The van der Waals surface area contributed by atoms with Crippen LogP contribution in [-0.2, 0) is 5.41 Å². The van der Waals surface area contributed by atoms with Crippen LogP contribution in [-0.4, -0.2) is 18.0 Å². The van der Waals surface area contributed by atoms with Crippen molar-refractivity contribution < 1.29 is 0 Å². The van der Waals surface area contributed by atoms with Gasteiger partial charge in [0.05, 0.1) is 19.5 Å². The lowest BCUT2D eigenvalue weighted by Crippen LogP contribution is -2.37. The fraction of sp³-hybridized carbons (Fsp3) is 0.167. The SMILES string of the molecule is C[Si](C)(C)c1ccc(-c2ccc3c(c2)C2(CCCC2)c2cc(-c4cccc(-c5nc(-c6ccccc6)cc(-c6ccccc6)n5)c4)ccc2-3)cc1. The summed E-state index contributed by atoms with van der Waals surface area (Å²) in [5.74, 6) is 0.739. The number of hydrogen-bond donors (Lipinski definition) is 0. The third-order valence-electron chi connectivity index (χ3n) is 11.2. The summed E-state index contributed by atoms with van der Waals surface area (Å²) in [6.45, 7) is 7.26. The molecule has 1 saturated carbocycles. The van der Waals surface area contributed by atoms with Gasteiger partial charge in [0.15, 0.2) is 5.82 Å². The highest BCUT2D eigenvalue weighted by atomic mass is 28.3. The van der Waals surface area contributed by atoms with E-state index in [1.807, 2.05) is 12.1 Å². The Bertz CT molecular complexity index is 2320. The van der Waals surface area contributed by atoms with E-state index in [0.29, 0.717) is 0 Å². The van der Waals surface area contributed by atoms with Gasteiger partial charge in [0.25, 0.3) is 0 Å². The molecule has 1 aromatic heterocycles. The Morgan fingerprint density at radius 1 is 0.431 bits per heavy atom. The Morgan fingerprint density at radius 2 is 0.902 bits per heavy atom. The van der Waals surface area contributed by atoms with Gasteiger partial charge in [-0.3, -0.25) is 0 Å². The molecule has 1 heterocycles. The third kappa shape index (κ3) is 5.66. The highest BCUT2D eigenvalue weighted by molar-refractivity contribution is 6.88. The van der Waals surface area contributed by atoms with Crippen molar-refractivity contribution in [3.05, 3.63) is 163 Å². The molecule has 3 heteroatoms. The molecular formula is C48H42N2Si. The summed E-state index contributed by atoms with van der Waals surface area (Å²) in [5, 5.41) is 1.51. The van der Waals surface area contributed by atoms with E-state index in [2.05, 4.69) is 159 Å². The standard InChI is InChI=1S/C48H42N2Si/c1-51(2,3)40-23-19-33(20-24-40)37-21-25-41-42-26-22-38(31-44(42)48(43(41)30-37)27-10-11-28-48)36-17-12-18-39(29-36)47-49-45(34-13-6-4-7-14-34)32-46(50-47)35-15-8-5-9-16-35/h4-9,12-26,29-32H,10-11,27-28H2,1-3H3. The lowest BCUT2D eigenvalue weighted by Gasteiger charge is -2.27. The van der Waals surface area contributed by atoms with Crippen LogP contribution in [0.1, 0.15) is 36.8 Å². The molecule has 2 aliphatic carbocycles. The molecule has 0 bridgehead atoms. The summed E-state index contributed by atoms with van der Waals surface area (Å²) in [6.07, 6.45) is 4.95. The van der Waals surface area contributed by atoms with Crippen LogP contribution in [0.25, 0.3) is 67.3 Å². The second kappa shape index (κ2) is 12.4. The maximum absolute atomic E-state index is 5.12. The van der Waals surface area contributed by atoms with Crippen LogP contribution in [0.3, 0.4) is 0 Å². The molecule has 0 saturated heterocycles. The van der Waals surface area contributed by atoms with Crippen LogP contribution < -0.4 is 5.19 Å². The van der Waals surface area contributed by atoms with Gasteiger partial charge in [0, 0.05) is 22.1 Å². The first kappa shape index (κ1) is 31.6. The smallest absolute Gasteiger partial charge is 0.160 e. The fourth-order valence-corrected chi connectivity index (χ4v) is 9.63. The largest absolute Gasteiger partial charge is 0.228 e. The van der Waals surface area contributed by atoms with Crippen LogP contribution in [0.5, 0.6) is 0 Å². The maximum atomic E-state index is 5.12. The molecule has 1 fully saturated rings. The van der Waals surface area contributed by atoms with Crippen LogP contribution in [0.2, 0.25) is 19.6 Å². The summed E-state index contributed by atoms with van der Waals surface area (Å²) in [7, 11) is -1.34. The van der Waals surface area contributed by atoms with E-state index >= 15 is 0 Å². The van der Waals surface area contributed by atoms with E-state index < -0.39 is 8.07 Å². The van der Waals surface area contributed by atoms with Gasteiger partial charge in [-0.05, 0) is 81.6 Å². The normalized spacial score (nSPS) is 14.4. The Hall–Kier alpha value is -5.38. The number of rotatable bonds is 6. The van der Waals surface area contributed by atoms with Crippen molar-refractivity contribution in [3.63, 3.8) is 0 Å². The van der Waals surface area contributed by atoms with E-state index in [-0.39, 0.29) is 5.41 Å². The summed E-state index contributed by atoms with van der Waals surface area (Å²) in [5.41, 5.74) is 16.0. The molecule has 0 N–H and O–H groups in total. The minimum Gasteiger partial charge on any atom is -0.228 e. The Morgan fingerprint density at radius 3 is 1.45 bits per heavy atom. The van der Waals surface area contributed by atoms with Crippen LogP contribution in [0.15, 0.2) is 152 Å². The first-order valence-electron chi connectivity index (χ1n) is 18.4. The summed E-state index contributed by atoms with van der Waals surface area (Å²) >= 11 is 0. The second-order valence-corrected chi connectivity index (χ2v) is 20.5. The predicted molar refractivity (Wildman–Crippen MR) is 217 cm³/mol. The molecule has 51 heavy (non-hydrogen) atoms. The molecule has 0 amide bonds. The van der Waals surface area contributed by atoms with Crippen LogP contribution >= 0.6 is 0 Å². The minimum atomic E-state index is -1.34. The first-order chi connectivity index (χ1) is 24.9. The molecule has 248 valence electrons. The van der Waals surface area contributed by atoms with E-state index in [9.17, 15) is 0 Å².